The Bertz CT molecular complexity index is 194. The Morgan fingerprint density at radius 1 is 1.57 bits per heavy atom. The zero-order chi connectivity index (χ0) is 10.6. The van der Waals surface area contributed by atoms with E-state index < -0.39 is 0 Å². The van der Waals surface area contributed by atoms with Crippen LogP contribution in [-0.2, 0) is 4.79 Å². The summed E-state index contributed by atoms with van der Waals surface area (Å²) in [5.41, 5.74) is 0. The van der Waals surface area contributed by atoms with Gasteiger partial charge >= 0.3 is 0 Å². The van der Waals surface area contributed by atoms with E-state index in [1.807, 2.05) is 19.0 Å². The zero-order valence-electron chi connectivity index (χ0n) is 9.42. The molecule has 14 heavy (non-hydrogen) atoms. The zero-order valence-corrected chi connectivity index (χ0v) is 9.42. The van der Waals surface area contributed by atoms with Crippen LogP contribution in [0.3, 0.4) is 0 Å². The molecule has 1 saturated heterocycles. The third kappa shape index (κ3) is 2.96. The predicted octanol–water partition coefficient (Wildman–Crippen LogP) is 0.106. The maximum absolute atomic E-state index is 11.5. The first-order valence-corrected chi connectivity index (χ1v) is 5.32. The molecule has 0 aromatic carbocycles. The number of rotatable bonds is 5. The van der Waals surface area contributed by atoms with Gasteiger partial charge in [0.2, 0.25) is 5.91 Å². The maximum Gasteiger partial charge on any atom is 0.237 e. The van der Waals surface area contributed by atoms with Crippen LogP contribution in [0, 0.1) is 0 Å². The van der Waals surface area contributed by atoms with Gasteiger partial charge in [-0.25, -0.2) is 0 Å². The summed E-state index contributed by atoms with van der Waals surface area (Å²) in [6.45, 7) is 4.43. The lowest BCUT2D eigenvalue weighted by Gasteiger charge is -2.25. The first-order valence-electron chi connectivity index (χ1n) is 5.32. The lowest BCUT2D eigenvalue weighted by atomic mass is 10.2. The second-order valence-electron chi connectivity index (χ2n) is 4.08. The van der Waals surface area contributed by atoms with Gasteiger partial charge in [-0.05, 0) is 20.5 Å². The number of nitrogens with one attached hydrogen (secondary N) is 1. The van der Waals surface area contributed by atoms with E-state index in [1.54, 1.807) is 0 Å². The van der Waals surface area contributed by atoms with E-state index in [4.69, 9.17) is 0 Å². The van der Waals surface area contributed by atoms with Gasteiger partial charge in [-0.15, -0.1) is 0 Å². The lowest BCUT2D eigenvalue weighted by molar-refractivity contribution is -0.128. The molecule has 4 heteroatoms. The fourth-order valence-electron chi connectivity index (χ4n) is 1.71. The average Bonchev–Trinajstić information content (AvgIpc) is 2.45. The monoisotopic (exact) mass is 199 g/mol. The van der Waals surface area contributed by atoms with Gasteiger partial charge in [0.05, 0.1) is 12.7 Å². The molecule has 1 amide bonds. The number of carbonyl (C=O) groups excluding carboxylic acids is 1. The number of nitrogens with zero attached hydrogens (tertiary/aromatic N) is 2. The average molecular weight is 199 g/mol. The Morgan fingerprint density at radius 2 is 2.29 bits per heavy atom. The van der Waals surface area contributed by atoms with Crippen molar-refractivity contribution in [2.75, 3.05) is 33.7 Å². The van der Waals surface area contributed by atoms with E-state index in [1.165, 1.54) is 0 Å². The molecule has 1 aliphatic heterocycles. The van der Waals surface area contributed by atoms with Crippen LogP contribution in [0.1, 0.15) is 19.8 Å². The fraction of sp³-hybridized carbons (Fsp3) is 0.900. The number of amides is 1. The summed E-state index contributed by atoms with van der Waals surface area (Å²) in [5.74, 6) is 0.241. The summed E-state index contributed by atoms with van der Waals surface area (Å²) in [6, 6.07) is 0. The highest BCUT2D eigenvalue weighted by Gasteiger charge is 2.28. The highest BCUT2D eigenvalue weighted by molar-refractivity contribution is 5.80. The summed E-state index contributed by atoms with van der Waals surface area (Å²) >= 11 is 0. The summed E-state index contributed by atoms with van der Waals surface area (Å²) in [7, 11) is 4.06. The summed E-state index contributed by atoms with van der Waals surface area (Å²) in [4.78, 5) is 15.6. The first kappa shape index (κ1) is 11.5. The van der Waals surface area contributed by atoms with Gasteiger partial charge < -0.3 is 9.80 Å². The summed E-state index contributed by atoms with van der Waals surface area (Å²) in [5, 5.41) is 3.24. The van der Waals surface area contributed by atoms with Crippen molar-refractivity contribution in [3.05, 3.63) is 0 Å². The van der Waals surface area contributed by atoms with Crippen LogP contribution >= 0.6 is 0 Å². The SMILES string of the molecule is CCCC1NCC(=O)N1CCN(C)C. The normalized spacial score (nSPS) is 22.4. The van der Waals surface area contributed by atoms with Crippen LogP contribution in [0.25, 0.3) is 0 Å². The minimum atomic E-state index is 0.241. The molecule has 1 fully saturated rings. The second-order valence-corrected chi connectivity index (χ2v) is 4.08. The van der Waals surface area contributed by atoms with E-state index in [2.05, 4.69) is 17.1 Å². The molecular weight excluding hydrogens is 178 g/mol. The Labute approximate surface area is 86.2 Å². The van der Waals surface area contributed by atoms with Gasteiger partial charge in [-0.3, -0.25) is 10.1 Å². The maximum atomic E-state index is 11.5. The van der Waals surface area contributed by atoms with Crippen molar-refractivity contribution in [1.29, 1.82) is 0 Å². The third-order valence-electron chi connectivity index (χ3n) is 2.54. The van der Waals surface area contributed by atoms with E-state index in [0.717, 1.165) is 25.9 Å². The van der Waals surface area contributed by atoms with Gasteiger partial charge in [0.15, 0.2) is 0 Å². The molecule has 0 aromatic heterocycles. The molecule has 0 spiro atoms. The van der Waals surface area contributed by atoms with Crippen molar-refractivity contribution >= 4 is 5.91 Å². The van der Waals surface area contributed by atoms with Crippen LogP contribution in [0.4, 0.5) is 0 Å². The van der Waals surface area contributed by atoms with E-state index in [0.29, 0.717) is 6.54 Å². The molecule has 0 radical (unpaired) electrons. The highest BCUT2D eigenvalue weighted by atomic mass is 16.2. The summed E-state index contributed by atoms with van der Waals surface area (Å²) in [6.07, 6.45) is 2.44. The largest absolute Gasteiger partial charge is 0.325 e. The van der Waals surface area contributed by atoms with Crippen LogP contribution < -0.4 is 5.32 Å². The molecule has 0 aromatic rings. The number of hydrogen-bond donors (Lipinski definition) is 1. The number of hydrogen-bond acceptors (Lipinski definition) is 3. The van der Waals surface area contributed by atoms with Gasteiger partial charge in [0, 0.05) is 13.1 Å². The van der Waals surface area contributed by atoms with Crippen molar-refractivity contribution in [3.63, 3.8) is 0 Å². The van der Waals surface area contributed by atoms with Crippen molar-refractivity contribution in [2.45, 2.75) is 25.9 Å². The van der Waals surface area contributed by atoms with Crippen molar-refractivity contribution < 1.29 is 4.79 Å². The molecule has 1 rings (SSSR count). The fourth-order valence-corrected chi connectivity index (χ4v) is 1.71. The molecule has 0 bridgehead atoms. The molecule has 1 aliphatic rings. The molecule has 1 unspecified atom stereocenters. The van der Waals surface area contributed by atoms with Gasteiger partial charge in [-0.1, -0.05) is 13.3 Å². The van der Waals surface area contributed by atoms with Crippen molar-refractivity contribution in [1.82, 2.24) is 15.1 Å². The molecule has 0 saturated carbocycles. The van der Waals surface area contributed by atoms with Gasteiger partial charge in [0.1, 0.15) is 0 Å². The van der Waals surface area contributed by atoms with Gasteiger partial charge in [-0.2, -0.15) is 0 Å². The van der Waals surface area contributed by atoms with Crippen molar-refractivity contribution in [2.24, 2.45) is 0 Å². The molecule has 1 N–H and O–H groups in total. The molecule has 1 atom stereocenters. The second kappa shape index (κ2) is 5.32. The lowest BCUT2D eigenvalue weighted by Crippen LogP contribution is -2.41. The highest BCUT2D eigenvalue weighted by Crippen LogP contribution is 2.09. The quantitative estimate of drug-likeness (QED) is 0.682. The van der Waals surface area contributed by atoms with Crippen molar-refractivity contribution in [3.8, 4) is 0 Å². The first-order chi connectivity index (χ1) is 6.65. The minimum absolute atomic E-state index is 0.241. The van der Waals surface area contributed by atoms with E-state index in [9.17, 15) is 4.79 Å². The van der Waals surface area contributed by atoms with Crippen LogP contribution in [0.5, 0.6) is 0 Å². The Kier molecular flexibility index (Phi) is 4.35. The topological polar surface area (TPSA) is 35.6 Å². The van der Waals surface area contributed by atoms with Crippen LogP contribution in [0.2, 0.25) is 0 Å². The smallest absolute Gasteiger partial charge is 0.237 e. The molecule has 1 heterocycles. The predicted molar refractivity (Wildman–Crippen MR) is 57.0 cm³/mol. The molecule has 0 aliphatic carbocycles. The summed E-state index contributed by atoms with van der Waals surface area (Å²) < 4.78 is 0. The molecule has 4 nitrogen and oxygen atoms in total. The molecule has 82 valence electrons. The Balaban J connectivity index is 2.41. The molecular formula is C10H21N3O. The van der Waals surface area contributed by atoms with E-state index in [-0.39, 0.29) is 12.1 Å². The number of carbonyl (C=O) groups is 1. The third-order valence-corrected chi connectivity index (χ3v) is 2.54. The van der Waals surface area contributed by atoms with Crippen LogP contribution in [-0.4, -0.2) is 55.6 Å². The Morgan fingerprint density at radius 3 is 2.86 bits per heavy atom. The minimum Gasteiger partial charge on any atom is -0.325 e. The number of likely N-dealkylation sites (N-methyl/N-ethyl adjacent to an activating group) is 1. The van der Waals surface area contributed by atoms with Gasteiger partial charge in [0.25, 0.3) is 0 Å². The Hall–Kier alpha value is -0.610. The standard InChI is InChI=1S/C10H21N3O/c1-4-5-9-11-8-10(14)13(9)7-6-12(2)3/h9,11H,4-8H2,1-3H3. The van der Waals surface area contributed by atoms with Crippen LogP contribution in [0.15, 0.2) is 0 Å². The van der Waals surface area contributed by atoms with E-state index >= 15 is 0 Å².